The summed E-state index contributed by atoms with van der Waals surface area (Å²) in [6.07, 6.45) is 1.87. The van der Waals surface area contributed by atoms with Crippen LogP contribution in [0.5, 0.6) is 0 Å². The van der Waals surface area contributed by atoms with Gasteiger partial charge in [-0.15, -0.1) is 0 Å². The smallest absolute Gasteiger partial charge is 0.325 e. The van der Waals surface area contributed by atoms with Gasteiger partial charge in [0.15, 0.2) is 5.76 Å². The van der Waals surface area contributed by atoms with Crippen molar-refractivity contribution >= 4 is 11.9 Å². The van der Waals surface area contributed by atoms with E-state index in [1.807, 2.05) is 0 Å². The fraction of sp³-hybridized carbons (Fsp3) is 0.538. The van der Waals surface area contributed by atoms with Crippen molar-refractivity contribution < 1.29 is 18.7 Å². The van der Waals surface area contributed by atoms with Crippen molar-refractivity contribution in [3.05, 3.63) is 23.7 Å². The third-order valence-corrected chi connectivity index (χ3v) is 2.80. The van der Waals surface area contributed by atoms with E-state index in [2.05, 4.69) is 0 Å². The Morgan fingerprint density at radius 2 is 2.17 bits per heavy atom. The Bertz CT molecular complexity index is 448. The Kier molecular flexibility index (Phi) is 3.69. The first-order valence-electron chi connectivity index (χ1n) is 6.15. The summed E-state index contributed by atoms with van der Waals surface area (Å²) in [7, 11) is 0. The molecule has 5 nitrogen and oxygen atoms in total. The van der Waals surface area contributed by atoms with E-state index in [0.29, 0.717) is 12.4 Å². The van der Waals surface area contributed by atoms with Crippen LogP contribution in [-0.2, 0) is 9.53 Å². The lowest BCUT2D eigenvalue weighted by atomic mass is 10.3. The third kappa shape index (κ3) is 2.91. The molecule has 1 aromatic rings. The van der Waals surface area contributed by atoms with Gasteiger partial charge in [-0.25, -0.2) is 0 Å². The van der Waals surface area contributed by atoms with E-state index in [1.165, 1.54) is 4.90 Å². The molecule has 0 bridgehead atoms. The Balaban J connectivity index is 2.05. The van der Waals surface area contributed by atoms with Gasteiger partial charge in [-0.1, -0.05) is 0 Å². The van der Waals surface area contributed by atoms with Gasteiger partial charge in [-0.3, -0.25) is 9.59 Å². The minimum absolute atomic E-state index is 0.00289. The summed E-state index contributed by atoms with van der Waals surface area (Å²) in [6, 6.07) is 3.52. The number of carbonyl (C=O) groups is 2. The van der Waals surface area contributed by atoms with E-state index >= 15 is 0 Å². The van der Waals surface area contributed by atoms with Gasteiger partial charge in [0.2, 0.25) is 0 Å². The molecule has 1 saturated carbocycles. The van der Waals surface area contributed by atoms with Crippen molar-refractivity contribution in [1.29, 1.82) is 0 Å². The quantitative estimate of drug-likeness (QED) is 0.748. The molecule has 1 fully saturated rings. The Hall–Kier alpha value is -1.78. The number of amides is 1. The van der Waals surface area contributed by atoms with Gasteiger partial charge >= 0.3 is 5.97 Å². The lowest BCUT2D eigenvalue weighted by molar-refractivity contribution is -0.144. The molecule has 0 saturated heterocycles. The minimum atomic E-state index is -0.374. The molecular weight excluding hydrogens is 234 g/mol. The summed E-state index contributed by atoms with van der Waals surface area (Å²) < 4.78 is 10.2. The van der Waals surface area contributed by atoms with Crippen LogP contribution in [0.1, 0.15) is 36.1 Å². The molecule has 0 atom stereocenters. The molecule has 1 aromatic heterocycles. The predicted octanol–water partition coefficient (Wildman–Crippen LogP) is 1.76. The molecule has 0 aromatic carbocycles. The van der Waals surface area contributed by atoms with E-state index in [1.54, 1.807) is 26.0 Å². The molecule has 18 heavy (non-hydrogen) atoms. The van der Waals surface area contributed by atoms with Crippen LogP contribution >= 0.6 is 0 Å². The topological polar surface area (TPSA) is 59.8 Å². The van der Waals surface area contributed by atoms with Gasteiger partial charge in [0.05, 0.1) is 6.61 Å². The number of aryl methyl sites for hydroxylation is 1. The first kappa shape index (κ1) is 12.7. The second kappa shape index (κ2) is 5.25. The molecule has 98 valence electrons. The van der Waals surface area contributed by atoms with Crippen LogP contribution in [-0.4, -0.2) is 36.0 Å². The summed E-state index contributed by atoms with van der Waals surface area (Å²) in [5.41, 5.74) is 0. The summed E-state index contributed by atoms with van der Waals surface area (Å²) in [5, 5.41) is 0. The van der Waals surface area contributed by atoms with E-state index < -0.39 is 0 Å². The van der Waals surface area contributed by atoms with Crippen LogP contribution in [0.15, 0.2) is 16.5 Å². The van der Waals surface area contributed by atoms with Gasteiger partial charge in [-0.05, 0) is 38.8 Å². The maximum atomic E-state index is 12.2. The zero-order valence-corrected chi connectivity index (χ0v) is 10.6. The number of hydrogen-bond donors (Lipinski definition) is 0. The third-order valence-electron chi connectivity index (χ3n) is 2.80. The van der Waals surface area contributed by atoms with Crippen LogP contribution in [0.2, 0.25) is 0 Å². The maximum Gasteiger partial charge on any atom is 0.325 e. The van der Waals surface area contributed by atoms with E-state index in [-0.39, 0.29) is 30.2 Å². The zero-order chi connectivity index (χ0) is 13.1. The van der Waals surface area contributed by atoms with E-state index in [0.717, 1.165) is 12.8 Å². The zero-order valence-electron chi connectivity index (χ0n) is 10.6. The van der Waals surface area contributed by atoms with E-state index in [9.17, 15) is 9.59 Å². The van der Waals surface area contributed by atoms with Crippen molar-refractivity contribution in [3.8, 4) is 0 Å². The lowest BCUT2D eigenvalue weighted by Crippen LogP contribution is -2.38. The fourth-order valence-corrected chi connectivity index (χ4v) is 1.79. The molecule has 0 spiro atoms. The van der Waals surface area contributed by atoms with Crippen molar-refractivity contribution in [1.82, 2.24) is 4.90 Å². The average Bonchev–Trinajstić information content (AvgIpc) is 3.08. The fourth-order valence-electron chi connectivity index (χ4n) is 1.79. The highest BCUT2D eigenvalue weighted by Crippen LogP contribution is 2.28. The highest BCUT2D eigenvalue weighted by atomic mass is 16.5. The largest absolute Gasteiger partial charge is 0.465 e. The van der Waals surface area contributed by atoms with Gasteiger partial charge in [-0.2, -0.15) is 0 Å². The van der Waals surface area contributed by atoms with Crippen LogP contribution in [0, 0.1) is 6.92 Å². The molecule has 0 radical (unpaired) electrons. The Labute approximate surface area is 106 Å². The molecule has 0 unspecified atom stereocenters. The van der Waals surface area contributed by atoms with Gasteiger partial charge in [0, 0.05) is 6.04 Å². The Morgan fingerprint density at radius 1 is 1.44 bits per heavy atom. The van der Waals surface area contributed by atoms with Crippen LogP contribution < -0.4 is 0 Å². The van der Waals surface area contributed by atoms with Gasteiger partial charge in [0.25, 0.3) is 5.91 Å². The molecule has 1 aliphatic rings. The SMILES string of the molecule is CCOC(=O)CN(C(=O)c1ccc(C)o1)C1CC1. The van der Waals surface area contributed by atoms with E-state index in [4.69, 9.17) is 9.15 Å². The van der Waals surface area contributed by atoms with Crippen molar-refractivity contribution in [2.45, 2.75) is 32.7 Å². The molecular formula is C13H17NO4. The first-order valence-corrected chi connectivity index (χ1v) is 6.15. The standard InChI is InChI=1S/C13H17NO4/c1-3-17-12(15)8-14(10-5-6-10)13(16)11-7-4-9(2)18-11/h4,7,10H,3,5-6,8H2,1-2H3. The molecule has 1 heterocycles. The van der Waals surface area contributed by atoms with Crippen LogP contribution in [0.3, 0.4) is 0 Å². The summed E-state index contributed by atoms with van der Waals surface area (Å²) >= 11 is 0. The highest BCUT2D eigenvalue weighted by Gasteiger charge is 2.35. The van der Waals surface area contributed by atoms with Crippen molar-refractivity contribution in [2.75, 3.05) is 13.2 Å². The number of esters is 1. The average molecular weight is 251 g/mol. The summed E-state index contributed by atoms with van der Waals surface area (Å²) in [4.78, 5) is 25.2. The lowest BCUT2D eigenvalue weighted by Gasteiger charge is -2.19. The maximum absolute atomic E-state index is 12.2. The monoisotopic (exact) mass is 251 g/mol. The highest BCUT2D eigenvalue weighted by molar-refractivity contribution is 5.94. The van der Waals surface area contributed by atoms with Crippen LogP contribution in [0.4, 0.5) is 0 Å². The number of hydrogen-bond acceptors (Lipinski definition) is 4. The van der Waals surface area contributed by atoms with Gasteiger partial charge < -0.3 is 14.1 Å². The summed E-state index contributed by atoms with van der Waals surface area (Å²) in [5.74, 6) is 0.355. The van der Waals surface area contributed by atoms with Crippen molar-refractivity contribution in [3.63, 3.8) is 0 Å². The van der Waals surface area contributed by atoms with Crippen LogP contribution in [0.25, 0.3) is 0 Å². The Morgan fingerprint density at radius 3 is 2.67 bits per heavy atom. The number of furan rings is 1. The van der Waals surface area contributed by atoms with Crippen molar-refractivity contribution in [2.24, 2.45) is 0 Å². The number of carbonyl (C=O) groups excluding carboxylic acids is 2. The second-order valence-electron chi connectivity index (χ2n) is 4.38. The predicted molar refractivity (Wildman–Crippen MR) is 64.1 cm³/mol. The summed E-state index contributed by atoms with van der Waals surface area (Å²) in [6.45, 7) is 3.85. The number of ether oxygens (including phenoxy) is 1. The minimum Gasteiger partial charge on any atom is -0.465 e. The van der Waals surface area contributed by atoms with Gasteiger partial charge in [0.1, 0.15) is 12.3 Å². The molecule has 1 aliphatic carbocycles. The molecule has 0 aliphatic heterocycles. The first-order chi connectivity index (χ1) is 8.61. The molecule has 0 N–H and O–H groups in total. The molecule has 5 heteroatoms. The number of nitrogens with zero attached hydrogens (tertiary/aromatic N) is 1. The normalized spacial score (nSPS) is 14.3. The molecule has 2 rings (SSSR count). The molecule has 1 amide bonds. The second-order valence-corrected chi connectivity index (χ2v) is 4.38. The number of rotatable bonds is 5.